The summed E-state index contributed by atoms with van der Waals surface area (Å²) in [7, 11) is 1.89. The minimum atomic E-state index is -0.0346. The second kappa shape index (κ2) is 6.58. The second-order valence-electron chi connectivity index (χ2n) is 7.11. The van der Waals surface area contributed by atoms with Gasteiger partial charge in [-0.05, 0) is 37.0 Å². The van der Waals surface area contributed by atoms with Gasteiger partial charge in [0.25, 0.3) is 0 Å². The lowest BCUT2D eigenvalue weighted by atomic mass is 9.65. The third kappa shape index (κ3) is 3.16. The SMILES string of the molecule is CCC1CCCCC1C(N)C1(OC)CCCC(C)C1. The van der Waals surface area contributed by atoms with Crippen LogP contribution in [0.3, 0.4) is 0 Å². The van der Waals surface area contributed by atoms with Gasteiger partial charge in [-0.3, -0.25) is 0 Å². The maximum absolute atomic E-state index is 6.77. The summed E-state index contributed by atoms with van der Waals surface area (Å²) in [6.07, 6.45) is 11.7. The minimum absolute atomic E-state index is 0.0346. The van der Waals surface area contributed by atoms with E-state index in [0.29, 0.717) is 5.92 Å². The minimum Gasteiger partial charge on any atom is -0.377 e. The summed E-state index contributed by atoms with van der Waals surface area (Å²) in [5, 5.41) is 0. The molecule has 0 radical (unpaired) electrons. The highest BCUT2D eigenvalue weighted by molar-refractivity contribution is 5.00. The number of nitrogens with two attached hydrogens (primary N) is 1. The van der Waals surface area contributed by atoms with Crippen LogP contribution in [-0.2, 0) is 4.74 Å². The normalized spacial score (nSPS) is 42.0. The molecule has 0 aromatic rings. The fourth-order valence-electron chi connectivity index (χ4n) is 4.77. The number of ether oxygens (including phenoxy) is 1. The predicted octanol–water partition coefficient (Wildman–Crippen LogP) is 4.13. The zero-order chi connectivity index (χ0) is 13.9. The fraction of sp³-hybridized carbons (Fsp3) is 1.00. The van der Waals surface area contributed by atoms with Crippen LogP contribution in [0.25, 0.3) is 0 Å². The standard InChI is InChI=1S/C17H33NO/c1-4-14-9-5-6-10-15(14)16(18)17(19-3)11-7-8-13(2)12-17/h13-16H,4-12,18H2,1-3H3. The predicted molar refractivity (Wildman–Crippen MR) is 81.1 cm³/mol. The molecule has 2 fully saturated rings. The Labute approximate surface area is 119 Å². The quantitative estimate of drug-likeness (QED) is 0.831. The van der Waals surface area contributed by atoms with Crippen molar-refractivity contribution in [2.24, 2.45) is 23.5 Å². The first-order valence-electron chi connectivity index (χ1n) is 8.43. The van der Waals surface area contributed by atoms with E-state index >= 15 is 0 Å². The molecule has 2 aliphatic rings. The summed E-state index contributed by atoms with van der Waals surface area (Å²) in [5.74, 6) is 2.28. The number of methoxy groups -OCH3 is 1. The number of hydrogen-bond donors (Lipinski definition) is 1. The van der Waals surface area contributed by atoms with Gasteiger partial charge in [0.05, 0.1) is 5.60 Å². The molecule has 0 aromatic carbocycles. The Kier molecular flexibility index (Phi) is 5.30. The van der Waals surface area contributed by atoms with Crippen LogP contribution in [0.5, 0.6) is 0 Å². The zero-order valence-corrected chi connectivity index (χ0v) is 13.2. The molecular weight excluding hydrogens is 234 g/mol. The molecular formula is C17H33NO. The van der Waals surface area contributed by atoms with Gasteiger partial charge in [-0.1, -0.05) is 52.4 Å². The maximum Gasteiger partial charge on any atom is 0.0834 e. The van der Waals surface area contributed by atoms with Crippen LogP contribution < -0.4 is 5.73 Å². The van der Waals surface area contributed by atoms with Crippen molar-refractivity contribution < 1.29 is 4.74 Å². The van der Waals surface area contributed by atoms with Crippen molar-refractivity contribution >= 4 is 0 Å². The summed E-state index contributed by atoms with van der Waals surface area (Å²) in [4.78, 5) is 0. The van der Waals surface area contributed by atoms with Gasteiger partial charge in [0.2, 0.25) is 0 Å². The monoisotopic (exact) mass is 267 g/mol. The van der Waals surface area contributed by atoms with E-state index in [1.807, 2.05) is 7.11 Å². The third-order valence-corrected chi connectivity index (χ3v) is 5.96. The Morgan fingerprint density at radius 2 is 1.95 bits per heavy atom. The molecule has 2 aliphatic carbocycles. The molecule has 0 spiro atoms. The topological polar surface area (TPSA) is 35.2 Å². The fourth-order valence-corrected chi connectivity index (χ4v) is 4.77. The first kappa shape index (κ1) is 15.3. The molecule has 0 amide bonds. The lowest BCUT2D eigenvalue weighted by Gasteiger charge is -2.48. The smallest absolute Gasteiger partial charge is 0.0834 e. The van der Waals surface area contributed by atoms with Gasteiger partial charge < -0.3 is 10.5 Å². The van der Waals surface area contributed by atoms with E-state index in [1.54, 1.807) is 0 Å². The van der Waals surface area contributed by atoms with Crippen molar-refractivity contribution in [1.29, 1.82) is 0 Å². The number of rotatable bonds is 4. The molecule has 19 heavy (non-hydrogen) atoms. The Balaban J connectivity index is 2.12. The van der Waals surface area contributed by atoms with Gasteiger partial charge in [-0.2, -0.15) is 0 Å². The van der Waals surface area contributed by atoms with Crippen molar-refractivity contribution in [1.82, 2.24) is 0 Å². The molecule has 2 heteroatoms. The second-order valence-corrected chi connectivity index (χ2v) is 7.11. The number of hydrogen-bond acceptors (Lipinski definition) is 2. The lowest BCUT2D eigenvalue weighted by molar-refractivity contribution is -0.0923. The molecule has 5 unspecified atom stereocenters. The van der Waals surface area contributed by atoms with Gasteiger partial charge >= 0.3 is 0 Å². The van der Waals surface area contributed by atoms with Crippen molar-refractivity contribution in [2.75, 3.05) is 7.11 Å². The molecule has 0 bridgehead atoms. The molecule has 2 rings (SSSR count). The Hall–Kier alpha value is -0.0800. The van der Waals surface area contributed by atoms with Crippen LogP contribution in [0, 0.1) is 17.8 Å². The molecule has 0 saturated heterocycles. The zero-order valence-electron chi connectivity index (χ0n) is 13.2. The summed E-state index contributed by atoms with van der Waals surface area (Å²) in [6.45, 7) is 4.69. The third-order valence-electron chi connectivity index (χ3n) is 5.96. The molecule has 5 atom stereocenters. The molecule has 0 heterocycles. The van der Waals surface area contributed by atoms with E-state index in [4.69, 9.17) is 10.5 Å². The summed E-state index contributed by atoms with van der Waals surface area (Å²) >= 11 is 0. The first-order chi connectivity index (χ1) is 9.13. The van der Waals surface area contributed by atoms with Crippen molar-refractivity contribution in [2.45, 2.75) is 83.3 Å². The van der Waals surface area contributed by atoms with Gasteiger partial charge in [0, 0.05) is 13.2 Å². The molecule has 2 saturated carbocycles. The molecule has 2 N–H and O–H groups in total. The average Bonchev–Trinajstić information content (AvgIpc) is 2.46. The van der Waals surface area contributed by atoms with Crippen LogP contribution in [0.4, 0.5) is 0 Å². The highest BCUT2D eigenvalue weighted by atomic mass is 16.5. The summed E-state index contributed by atoms with van der Waals surface area (Å²) in [6, 6.07) is 0.241. The van der Waals surface area contributed by atoms with E-state index in [1.165, 1.54) is 51.4 Å². The van der Waals surface area contributed by atoms with Crippen molar-refractivity contribution in [3.05, 3.63) is 0 Å². The average molecular weight is 267 g/mol. The van der Waals surface area contributed by atoms with Gasteiger partial charge in [-0.15, -0.1) is 0 Å². The summed E-state index contributed by atoms with van der Waals surface area (Å²) < 4.78 is 6.03. The van der Waals surface area contributed by atoms with Crippen molar-refractivity contribution in [3.63, 3.8) is 0 Å². The van der Waals surface area contributed by atoms with Crippen LogP contribution in [0.2, 0.25) is 0 Å². The lowest BCUT2D eigenvalue weighted by Crippen LogP contribution is -2.57. The van der Waals surface area contributed by atoms with E-state index in [0.717, 1.165) is 18.3 Å². The van der Waals surface area contributed by atoms with E-state index in [2.05, 4.69) is 13.8 Å². The Morgan fingerprint density at radius 3 is 2.58 bits per heavy atom. The van der Waals surface area contributed by atoms with E-state index in [-0.39, 0.29) is 11.6 Å². The van der Waals surface area contributed by atoms with Crippen LogP contribution in [0.15, 0.2) is 0 Å². The summed E-state index contributed by atoms with van der Waals surface area (Å²) in [5.41, 5.74) is 6.74. The van der Waals surface area contributed by atoms with E-state index < -0.39 is 0 Å². The molecule has 0 aromatic heterocycles. The molecule has 0 aliphatic heterocycles. The molecule has 2 nitrogen and oxygen atoms in total. The van der Waals surface area contributed by atoms with E-state index in [9.17, 15) is 0 Å². The van der Waals surface area contributed by atoms with Crippen molar-refractivity contribution in [3.8, 4) is 0 Å². The van der Waals surface area contributed by atoms with Gasteiger partial charge in [-0.25, -0.2) is 0 Å². The van der Waals surface area contributed by atoms with Gasteiger partial charge in [0.15, 0.2) is 0 Å². The highest BCUT2D eigenvalue weighted by Gasteiger charge is 2.45. The first-order valence-corrected chi connectivity index (χ1v) is 8.43. The Bertz CT molecular complexity index is 280. The Morgan fingerprint density at radius 1 is 1.21 bits per heavy atom. The largest absolute Gasteiger partial charge is 0.377 e. The highest BCUT2D eigenvalue weighted by Crippen LogP contribution is 2.43. The van der Waals surface area contributed by atoms with Crippen LogP contribution in [0.1, 0.15) is 71.6 Å². The molecule has 112 valence electrons. The van der Waals surface area contributed by atoms with Gasteiger partial charge in [0.1, 0.15) is 0 Å². The van der Waals surface area contributed by atoms with Crippen LogP contribution >= 0.6 is 0 Å². The maximum atomic E-state index is 6.77. The van der Waals surface area contributed by atoms with Crippen LogP contribution in [-0.4, -0.2) is 18.8 Å².